The molecule has 0 unspecified atom stereocenters. The minimum Gasteiger partial charge on any atom is -0.451 e. The van der Waals surface area contributed by atoms with E-state index in [4.69, 9.17) is 4.42 Å². The number of aromatic nitrogens is 1. The zero-order valence-electron chi connectivity index (χ0n) is 28.0. The maximum absolute atomic E-state index is 7.08. The molecule has 11 rings (SSSR count). The fourth-order valence-electron chi connectivity index (χ4n) is 8.08. The molecule has 0 amide bonds. The van der Waals surface area contributed by atoms with E-state index in [-0.39, 0.29) is 0 Å². The van der Waals surface area contributed by atoms with Crippen LogP contribution in [0.3, 0.4) is 0 Å². The molecule has 3 heterocycles. The Morgan fingerprint density at radius 3 is 1.98 bits per heavy atom. The first-order valence-electron chi connectivity index (χ1n) is 17.6. The largest absolute Gasteiger partial charge is 0.451 e. The van der Waals surface area contributed by atoms with E-state index in [1.54, 1.807) is 0 Å². The van der Waals surface area contributed by atoms with Crippen molar-refractivity contribution in [3.63, 3.8) is 0 Å². The summed E-state index contributed by atoms with van der Waals surface area (Å²) in [5.74, 6) is 0. The first-order valence-corrected chi connectivity index (χ1v) is 18.4. The van der Waals surface area contributed by atoms with Crippen LogP contribution in [0.15, 0.2) is 186 Å². The van der Waals surface area contributed by atoms with Crippen LogP contribution in [0.25, 0.3) is 80.7 Å². The average molecular weight is 683 g/mol. The highest BCUT2D eigenvalue weighted by atomic mass is 32.1. The monoisotopic (exact) mass is 682 g/mol. The van der Waals surface area contributed by atoms with Crippen LogP contribution >= 0.6 is 11.3 Å². The normalized spacial score (nSPS) is 11.8. The summed E-state index contributed by atoms with van der Waals surface area (Å²) in [5, 5.41) is 7.21. The lowest BCUT2D eigenvalue weighted by Gasteiger charge is -2.26. The molecular formula is C48H30N2OS. The van der Waals surface area contributed by atoms with Crippen molar-refractivity contribution in [3.8, 4) is 16.8 Å². The van der Waals surface area contributed by atoms with E-state index in [9.17, 15) is 0 Å². The maximum atomic E-state index is 7.08. The van der Waals surface area contributed by atoms with E-state index in [0.717, 1.165) is 55.7 Å². The molecule has 0 aliphatic rings. The highest BCUT2D eigenvalue weighted by Gasteiger charge is 2.25. The summed E-state index contributed by atoms with van der Waals surface area (Å²) < 4.78 is 11.9. The zero-order valence-corrected chi connectivity index (χ0v) is 28.8. The number of para-hydroxylation sites is 3. The summed E-state index contributed by atoms with van der Waals surface area (Å²) in [6.45, 7) is 0. The van der Waals surface area contributed by atoms with Gasteiger partial charge in [-0.1, -0.05) is 121 Å². The molecule has 11 aromatic rings. The number of rotatable bonds is 5. The molecule has 0 spiro atoms. The summed E-state index contributed by atoms with van der Waals surface area (Å²) in [4.78, 5) is 2.39. The van der Waals surface area contributed by atoms with Crippen molar-refractivity contribution in [3.05, 3.63) is 182 Å². The Labute approximate surface area is 303 Å². The number of thiophene rings is 1. The number of hydrogen-bond donors (Lipinski definition) is 0. The highest BCUT2D eigenvalue weighted by Crippen LogP contribution is 2.49. The predicted molar refractivity (Wildman–Crippen MR) is 221 cm³/mol. The second-order valence-corrected chi connectivity index (χ2v) is 14.3. The van der Waals surface area contributed by atoms with E-state index in [1.165, 1.54) is 42.1 Å². The number of furan rings is 1. The van der Waals surface area contributed by atoms with Crippen LogP contribution in [0.2, 0.25) is 0 Å². The Balaban J connectivity index is 1.18. The molecular weight excluding hydrogens is 653 g/mol. The van der Waals surface area contributed by atoms with Gasteiger partial charge in [-0.2, -0.15) is 0 Å². The molecule has 3 nitrogen and oxygen atoms in total. The van der Waals surface area contributed by atoms with Gasteiger partial charge in [0.2, 0.25) is 0 Å². The fraction of sp³-hybridized carbons (Fsp3) is 0. The van der Waals surface area contributed by atoms with Gasteiger partial charge in [-0.15, -0.1) is 11.3 Å². The van der Waals surface area contributed by atoms with Crippen molar-refractivity contribution in [2.24, 2.45) is 0 Å². The van der Waals surface area contributed by atoms with Gasteiger partial charge in [-0.05, 0) is 82.6 Å². The third-order valence-electron chi connectivity index (χ3n) is 10.4. The molecule has 0 aliphatic heterocycles. The van der Waals surface area contributed by atoms with Crippen LogP contribution in [0.4, 0.5) is 17.1 Å². The second kappa shape index (κ2) is 11.5. The number of anilines is 3. The van der Waals surface area contributed by atoms with Crippen LogP contribution in [0, 0.1) is 0 Å². The van der Waals surface area contributed by atoms with Crippen LogP contribution in [-0.4, -0.2) is 4.57 Å². The van der Waals surface area contributed by atoms with Gasteiger partial charge in [-0.3, -0.25) is 0 Å². The smallest absolute Gasteiger partial charge is 0.161 e. The molecule has 0 saturated heterocycles. The Bertz CT molecular complexity index is 3130. The van der Waals surface area contributed by atoms with Gasteiger partial charge < -0.3 is 13.9 Å². The van der Waals surface area contributed by atoms with Crippen LogP contribution in [0.5, 0.6) is 0 Å². The number of nitrogens with zero attached hydrogens (tertiary/aromatic N) is 2. The highest BCUT2D eigenvalue weighted by molar-refractivity contribution is 7.26. The average Bonchev–Trinajstić information content (AvgIpc) is 3.88. The van der Waals surface area contributed by atoms with Crippen molar-refractivity contribution < 1.29 is 4.42 Å². The lowest BCUT2D eigenvalue weighted by Crippen LogP contribution is -2.10. The molecule has 0 fully saturated rings. The topological polar surface area (TPSA) is 21.3 Å². The molecule has 8 aromatic carbocycles. The van der Waals surface area contributed by atoms with E-state index in [2.05, 4.69) is 191 Å². The lowest BCUT2D eigenvalue weighted by molar-refractivity contribution is 0.673. The van der Waals surface area contributed by atoms with Gasteiger partial charge in [0.15, 0.2) is 11.2 Å². The zero-order chi connectivity index (χ0) is 34.2. The molecule has 0 radical (unpaired) electrons. The summed E-state index contributed by atoms with van der Waals surface area (Å²) in [6.07, 6.45) is 0. The van der Waals surface area contributed by atoms with E-state index < -0.39 is 0 Å². The first-order chi connectivity index (χ1) is 25.8. The molecule has 0 atom stereocenters. The van der Waals surface area contributed by atoms with Crippen molar-refractivity contribution in [2.75, 3.05) is 4.90 Å². The molecule has 52 heavy (non-hydrogen) atoms. The SMILES string of the molecule is c1ccc(-n2c3ccccc3c3oc4c(N(c5ccc(-c6cccc7ccccc67)cc5)c5cccc6c5sc5ccccc56)cccc4c32)cc1. The van der Waals surface area contributed by atoms with Crippen LogP contribution in [0.1, 0.15) is 0 Å². The second-order valence-electron chi connectivity index (χ2n) is 13.3. The Morgan fingerprint density at radius 1 is 0.462 bits per heavy atom. The number of benzene rings is 8. The molecule has 0 bridgehead atoms. The molecule has 0 aliphatic carbocycles. The van der Waals surface area contributed by atoms with Gasteiger partial charge in [-0.25, -0.2) is 0 Å². The third kappa shape index (κ3) is 4.31. The summed E-state index contributed by atoms with van der Waals surface area (Å²) in [7, 11) is 0. The van der Waals surface area contributed by atoms with Crippen molar-refractivity contribution in [2.45, 2.75) is 0 Å². The van der Waals surface area contributed by atoms with Crippen molar-refractivity contribution in [1.82, 2.24) is 4.57 Å². The Morgan fingerprint density at radius 2 is 1.12 bits per heavy atom. The number of fused-ring (bicyclic) bond motifs is 9. The van der Waals surface area contributed by atoms with E-state index >= 15 is 0 Å². The van der Waals surface area contributed by atoms with Crippen LogP contribution in [-0.2, 0) is 0 Å². The first kappa shape index (κ1) is 29.1. The van der Waals surface area contributed by atoms with Gasteiger partial charge in [0, 0.05) is 37.6 Å². The summed E-state index contributed by atoms with van der Waals surface area (Å²) in [5.41, 5.74) is 10.7. The standard InChI is InChI=1S/C48H30N2OS/c1-2-15-33(16-3-1)50-41-23-8-6-19-39(41)47-45(50)40-22-12-24-42(46(40)51-47)49(43-25-11-21-38-37-18-7-9-26-44(37)52-48(38)43)34-29-27-32(28-30-34)36-20-10-14-31-13-4-5-17-35(31)36/h1-30H. The molecule has 0 N–H and O–H groups in total. The van der Waals surface area contributed by atoms with Crippen molar-refractivity contribution >= 4 is 92.3 Å². The number of hydrogen-bond acceptors (Lipinski definition) is 3. The minimum atomic E-state index is 0.860. The molecule has 0 saturated carbocycles. The van der Waals surface area contributed by atoms with Gasteiger partial charge >= 0.3 is 0 Å². The quantitative estimate of drug-likeness (QED) is 0.180. The minimum absolute atomic E-state index is 0.860. The predicted octanol–water partition coefficient (Wildman–Crippen LogP) is 14.2. The fourth-order valence-corrected chi connectivity index (χ4v) is 9.29. The van der Waals surface area contributed by atoms with E-state index in [0.29, 0.717) is 0 Å². The van der Waals surface area contributed by atoms with Crippen LogP contribution < -0.4 is 4.90 Å². The Kier molecular flexibility index (Phi) is 6.42. The summed E-state index contributed by atoms with van der Waals surface area (Å²) >= 11 is 1.84. The van der Waals surface area contributed by atoms with Gasteiger partial charge in [0.25, 0.3) is 0 Å². The lowest BCUT2D eigenvalue weighted by atomic mass is 9.98. The summed E-state index contributed by atoms with van der Waals surface area (Å²) in [6, 6.07) is 65.3. The van der Waals surface area contributed by atoms with Crippen molar-refractivity contribution in [1.29, 1.82) is 0 Å². The third-order valence-corrected chi connectivity index (χ3v) is 11.6. The Hall–Kier alpha value is -6.62. The molecule has 3 aromatic heterocycles. The maximum Gasteiger partial charge on any atom is 0.161 e. The molecule has 4 heteroatoms. The van der Waals surface area contributed by atoms with Gasteiger partial charge in [0.1, 0.15) is 5.52 Å². The van der Waals surface area contributed by atoms with E-state index in [1.807, 2.05) is 11.3 Å². The van der Waals surface area contributed by atoms with Gasteiger partial charge in [0.05, 0.1) is 21.6 Å². The molecule has 244 valence electrons.